The second-order valence-electron chi connectivity index (χ2n) is 7.62. The number of nitrogens with one attached hydrogen (secondary N) is 2. The number of allylic oxidation sites excluding steroid dienone is 1. The summed E-state index contributed by atoms with van der Waals surface area (Å²) < 4.78 is 5.01. The number of ether oxygens (including phenoxy) is 1. The Balaban J connectivity index is 1.93. The molecule has 0 aromatic heterocycles. The highest BCUT2D eigenvalue weighted by Crippen LogP contribution is 2.32. The van der Waals surface area contributed by atoms with Crippen LogP contribution in [0, 0.1) is 0 Å². The van der Waals surface area contributed by atoms with E-state index >= 15 is 0 Å². The molecule has 2 N–H and O–H groups in total. The van der Waals surface area contributed by atoms with E-state index in [2.05, 4.69) is 10.6 Å². The van der Waals surface area contributed by atoms with E-state index in [0.29, 0.717) is 44.7 Å². The molecule has 0 aliphatic carbocycles. The van der Waals surface area contributed by atoms with Gasteiger partial charge in [0.25, 0.3) is 5.91 Å². The van der Waals surface area contributed by atoms with Crippen LogP contribution >= 0.6 is 23.2 Å². The number of benzene rings is 2. The summed E-state index contributed by atoms with van der Waals surface area (Å²) in [6.45, 7) is 4.27. The number of rotatable bonds is 7. The van der Waals surface area contributed by atoms with Gasteiger partial charge in [-0.1, -0.05) is 48.7 Å². The molecule has 2 aromatic rings. The van der Waals surface area contributed by atoms with Gasteiger partial charge in [-0.3, -0.25) is 9.69 Å². The van der Waals surface area contributed by atoms with E-state index in [9.17, 15) is 14.4 Å². The van der Waals surface area contributed by atoms with Crippen molar-refractivity contribution >= 4 is 46.8 Å². The predicted molar refractivity (Wildman–Crippen MR) is 128 cm³/mol. The van der Waals surface area contributed by atoms with Crippen LogP contribution in [-0.2, 0) is 9.53 Å². The van der Waals surface area contributed by atoms with Crippen molar-refractivity contribution in [1.29, 1.82) is 0 Å². The maximum absolute atomic E-state index is 12.8. The number of halogens is 2. The number of carbonyl (C=O) groups is 3. The van der Waals surface area contributed by atoms with Gasteiger partial charge in [0.2, 0.25) is 0 Å². The lowest BCUT2D eigenvalue weighted by Gasteiger charge is -2.35. The molecular weight excluding hydrogens is 465 g/mol. The largest absolute Gasteiger partial charge is 0.466 e. The van der Waals surface area contributed by atoms with Crippen molar-refractivity contribution in [1.82, 2.24) is 10.2 Å². The zero-order chi connectivity index (χ0) is 24.1. The van der Waals surface area contributed by atoms with E-state index in [0.717, 1.165) is 12.8 Å². The molecule has 1 atom stereocenters. The molecule has 0 spiro atoms. The lowest BCUT2D eigenvalue weighted by molar-refractivity contribution is -0.136. The Kier molecular flexibility index (Phi) is 8.00. The maximum Gasteiger partial charge on any atom is 0.337 e. The van der Waals surface area contributed by atoms with Gasteiger partial charge >= 0.3 is 12.0 Å². The number of urea groups is 1. The molecule has 0 unspecified atom stereocenters. The number of hydrogen-bond donors (Lipinski definition) is 2. The van der Waals surface area contributed by atoms with Crippen LogP contribution in [0.4, 0.5) is 10.5 Å². The number of unbranched alkanes of at least 4 members (excludes halogenated alkanes) is 1. The minimum atomic E-state index is -0.722. The fourth-order valence-corrected chi connectivity index (χ4v) is 4.20. The molecule has 0 bridgehead atoms. The van der Waals surface area contributed by atoms with Crippen LogP contribution in [0.15, 0.2) is 53.7 Å². The molecule has 0 saturated carbocycles. The van der Waals surface area contributed by atoms with Gasteiger partial charge in [-0.2, -0.15) is 0 Å². The third kappa shape index (κ3) is 5.67. The smallest absolute Gasteiger partial charge is 0.337 e. The summed E-state index contributed by atoms with van der Waals surface area (Å²) in [5.41, 5.74) is 2.31. The van der Waals surface area contributed by atoms with Gasteiger partial charge in [0.1, 0.15) is 0 Å². The molecule has 33 heavy (non-hydrogen) atoms. The van der Waals surface area contributed by atoms with E-state index in [1.165, 1.54) is 19.2 Å². The number of amides is 3. The third-order valence-corrected chi connectivity index (χ3v) is 5.78. The van der Waals surface area contributed by atoms with Crippen LogP contribution in [0.25, 0.3) is 0 Å². The van der Waals surface area contributed by atoms with E-state index in [1.54, 1.807) is 42.2 Å². The van der Waals surface area contributed by atoms with Gasteiger partial charge in [0.05, 0.1) is 18.7 Å². The fourth-order valence-electron chi connectivity index (χ4n) is 3.68. The van der Waals surface area contributed by atoms with Crippen molar-refractivity contribution in [2.45, 2.75) is 32.7 Å². The zero-order valence-electron chi connectivity index (χ0n) is 18.6. The van der Waals surface area contributed by atoms with Crippen molar-refractivity contribution in [3.63, 3.8) is 0 Å². The van der Waals surface area contributed by atoms with Crippen molar-refractivity contribution in [3.05, 3.63) is 74.9 Å². The normalized spacial score (nSPS) is 15.8. The first kappa shape index (κ1) is 24.6. The second kappa shape index (κ2) is 10.7. The number of anilines is 1. The van der Waals surface area contributed by atoms with Crippen LogP contribution in [0.5, 0.6) is 0 Å². The maximum atomic E-state index is 12.8. The van der Waals surface area contributed by atoms with E-state index in [-0.39, 0.29) is 6.03 Å². The van der Waals surface area contributed by atoms with Crippen molar-refractivity contribution in [2.24, 2.45) is 0 Å². The summed E-state index contributed by atoms with van der Waals surface area (Å²) in [6.07, 6.45) is 1.71. The molecule has 9 heteroatoms. The number of methoxy groups -OCH3 is 1. The molecule has 1 aliphatic heterocycles. The van der Waals surface area contributed by atoms with Gasteiger partial charge in [-0.15, -0.1) is 0 Å². The minimum absolute atomic E-state index is 0.290. The fraction of sp³-hybridized carbons (Fsp3) is 0.292. The quantitative estimate of drug-likeness (QED) is 0.498. The third-order valence-electron chi connectivity index (χ3n) is 5.34. The first-order valence-electron chi connectivity index (χ1n) is 10.5. The SMILES string of the molecule is CCCCN1C(=O)N[C@H](c2cccc(NC(=O)c3cc(Cl)cc(Cl)c3)c2)C(C(=O)OC)=C1C. The van der Waals surface area contributed by atoms with Crippen LogP contribution in [-0.4, -0.2) is 36.5 Å². The lowest BCUT2D eigenvalue weighted by atomic mass is 9.94. The monoisotopic (exact) mass is 489 g/mol. The predicted octanol–water partition coefficient (Wildman–Crippen LogP) is 5.56. The minimum Gasteiger partial charge on any atom is -0.466 e. The molecule has 1 heterocycles. The topological polar surface area (TPSA) is 87.7 Å². The zero-order valence-corrected chi connectivity index (χ0v) is 20.1. The van der Waals surface area contributed by atoms with Crippen LogP contribution in [0.1, 0.15) is 48.7 Å². The van der Waals surface area contributed by atoms with Gasteiger partial charge < -0.3 is 15.4 Å². The van der Waals surface area contributed by atoms with Gasteiger partial charge in [0.15, 0.2) is 0 Å². The molecule has 3 rings (SSSR count). The Morgan fingerprint density at radius 1 is 1.15 bits per heavy atom. The number of carbonyl (C=O) groups excluding carboxylic acids is 3. The highest BCUT2D eigenvalue weighted by Gasteiger charge is 2.36. The molecular formula is C24H25Cl2N3O4. The lowest BCUT2D eigenvalue weighted by Crippen LogP contribution is -2.48. The number of nitrogens with zero attached hydrogens (tertiary/aromatic N) is 1. The van der Waals surface area contributed by atoms with Crippen LogP contribution in [0.2, 0.25) is 10.0 Å². The first-order chi connectivity index (χ1) is 15.7. The summed E-state index contributed by atoms with van der Waals surface area (Å²) >= 11 is 12.0. The summed E-state index contributed by atoms with van der Waals surface area (Å²) in [5, 5.41) is 6.39. The van der Waals surface area contributed by atoms with Gasteiger partial charge in [-0.05, 0) is 49.2 Å². The van der Waals surface area contributed by atoms with E-state index in [1.807, 2.05) is 6.92 Å². The van der Waals surface area contributed by atoms with Crippen LogP contribution < -0.4 is 10.6 Å². The highest BCUT2D eigenvalue weighted by atomic mass is 35.5. The first-order valence-corrected chi connectivity index (χ1v) is 11.2. The Morgan fingerprint density at radius 3 is 2.48 bits per heavy atom. The molecule has 0 saturated heterocycles. The Labute approximate surface area is 202 Å². The van der Waals surface area contributed by atoms with Gasteiger partial charge in [-0.25, -0.2) is 9.59 Å². The standard InChI is InChI=1S/C24H25Cl2N3O4/c1-4-5-9-29-14(2)20(23(31)33-3)21(28-24(29)32)15-7-6-8-19(12-15)27-22(30)16-10-17(25)13-18(26)11-16/h6-8,10-13,21H,4-5,9H2,1-3H3,(H,27,30)(H,28,32)/t21-/m1/s1. The summed E-state index contributed by atoms with van der Waals surface area (Å²) in [6, 6.07) is 10.5. The molecule has 7 nitrogen and oxygen atoms in total. The summed E-state index contributed by atoms with van der Waals surface area (Å²) in [5.74, 6) is -0.920. The average molecular weight is 490 g/mol. The summed E-state index contributed by atoms with van der Waals surface area (Å²) in [7, 11) is 1.30. The molecule has 0 fully saturated rings. The van der Waals surface area contributed by atoms with Crippen molar-refractivity contribution < 1.29 is 19.1 Å². The molecule has 2 aromatic carbocycles. The summed E-state index contributed by atoms with van der Waals surface area (Å²) in [4.78, 5) is 39.7. The Bertz CT molecular complexity index is 1100. The highest BCUT2D eigenvalue weighted by molar-refractivity contribution is 6.35. The number of hydrogen-bond acceptors (Lipinski definition) is 4. The molecule has 0 radical (unpaired) electrons. The molecule has 1 aliphatic rings. The molecule has 3 amide bonds. The van der Waals surface area contributed by atoms with E-state index in [4.69, 9.17) is 27.9 Å². The Hall–Kier alpha value is -3.03. The van der Waals surface area contributed by atoms with Crippen molar-refractivity contribution in [2.75, 3.05) is 19.0 Å². The van der Waals surface area contributed by atoms with Gasteiger partial charge in [0, 0.05) is 33.5 Å². The number of esters is 1. The Morgan fingerprint density at radius 2 is 1.85 bits per heavy atom. The average Bonchev–Trinajstić information content (AvgIpc) is 2.77. The second-order valence-corrected chi connectivity index (χ2v) is 8.49. The van der Waals surface area contributed by atoms with E-state index < -0.39 is 17.9 Å². The van der Waals surface area contributed by atoms with Crippen molar-refractivity contribution in [3.8, 4) is 0 Å². The van der Waals surface area contributed by atoms with Crippen LogP contribution in [0.3, 0.4) is 0 Å². The molecule has 174 valence electrons.